The number of sulfonamides is 2. The monoisotopic (exact) mass is 687 g/mol. The zero-order valence-electron chi connectivity index (χ0n) is 18.5. The molecule has 0 atom stereocenters. The highest BCUT2D eigenvalue weighted by atomic mass is 79.9. The summed E-state index contributed by atoms with van der Waals surface area (Å²) in [6.07, 6.45) is 0. The number of hydrogen-bond acceptors (Lipinski definition) is 7. The Morgan fingerprint density at radius 2 is 1.62 bits per heavy atom. The van der Waals surface area contributed by atoms with Gasteiger partial charge in [-0.15, -0.1) is 11.3 Å². The molecular weight excluding hydrogens is 673 g/mol. The van der Waals surface area contributed by atoms with Gasteiger partial charge in [0.2, 0.25) is 10.0 Å². The van der Waals surface area contributed by atoms with Crippen molar-refractivity contribution in [3.05, 3.63) is 66.2 Å². The molecule has 0 aliphatic carbocycles. The third-order valence-corrected chi connectivity index (χ3v) is 12.2. The first-order chi connectivity index (χ1) is 17.4. The van der Waals surface area contributed by atoms with Gasteiger partial charge in [0, 0.05) is 23.8 Å². The smallest absolute Gasteiger partial charge is 0.265 e. The van der Waals surface area contributed by atoms with Crippen molar-refractivity contribution in [3.63, 3.8) is 0 Å². The Morgan fingerprint density at radius 3 is 2.22 bits per heavy atom. The first kappa shape index (κ1) is 28.6. The first-order valence-electron chi connectivity index (χ1n) is 10.3. The molecule has 198 valence electrons. The van der Waals surface area contributed by atoms with E-state index < -0.39 is 26.0 Å². The van der Waals surface area contributed by atoms with Gasteiger partial charge in [0.05, 0.1) is 33.8 Å². The molecule has 2 heterocycles. The summed E-state index contributed by atoms with van der Waals surface area (Å²) in [6, 6.07) is 9.67. The van der Waals surface area contributed by atoms with E-state index in [9.17, 15) is 21.6 Å². The van der Waals surface area contributed by atoms with Crippen molar-refractivity contribution in [2.45, 2.75) is 9.79 Å². The normalized spacial score (nSPS) is 14.9. The van der Waals surface area contributed by atoms with Gasteiger partial charge in [0.25, 0.3) is 15.9 Å². The molecule has 0 bridgehead atoms. The number of halogens is 4. The van der Waals surface area contributed by atoms with Crippen LogP contribution in [-0.4, -0.2) is 53.4 Å². The van der Waals surface area contributed by atoms with Crippen molar-refractivity contribution in [1.29, 1.82) is 0 Å². The number of morpholine rings is 1. The van der Waals surface area contributed by atoms with E-state index in [-0.39, 0.29) is 58.0 Å². The number of rotatable bonds is 7. The average Bonchev–Trinajstić information content (AvgIpc) is 3.12. The molecule has 16 heteroatoms. The van der Waals surface area contributed by atoms with E-state index in [4.69, 9.17) is 39.5 Å². The molecule has 0 saturated carbocycles. The molecule has 1 fully saturated rings. The fraction of sp³-hybridized carbons (Fsp3) is 0.190. The number of carbonyl (C=O) groups excluding carboxylic acids is 1. The number of thiophene rings is 1. The van der Waals surface area contributed by atoms with Crippen molar-refractivity contribution in [1.82, 2.24) is 4.31 Å². The fourth-order valence-corrected chi connectivity index (χ4v) is 9.62. The molecule has 37 heavy (non-hydrogen) atoms. The summed E-state index contributed by atoms with van der Waals surface area (Å²) in [4.78, 5) is 12.9. The number of amides is 1. The van der Waals surface area contributed by atoms with Crippen molar-refractivity contribution in [2.24, 2.45) is 0 Å². The quantitative estimate of drug-likeness (QED) is 0.336. The maximum Gasteiger partial charge on any atom is 0.265 e. The standard InChI is InChI=1S/C21H17BrCl3N3O6S3/c22-17-18(20(25)35-19(17)24)36(30,31)27-16-6-1-12(23)11-15(16)21(29)26-13-2-4-14(5-3-13)37(32,33)28-7-9-34-10-8-28/h1-6,11,27H,7-10H2,(H,26,29). The highest BCUT2D eigenvalue weighted by Crippen LogP contribution is 2.43. The van der Waals surface area contributed by atoms with E-state index in [1.54, 1.807) is 0 Å². The topological polar surface area (TPSA) is 122 Å². The van der Waals surface area contributed by atoms with Crippen LogP contribution in [0.15, 0.2) is 56.7 Å². The minimum Gasteiger partial charge on any atom is -0.379 e. The number of benzene rings is 2. The highest BCUT2D eigenvalue weighted by Gasteiger charge is 2.29. The Kier molecular flexibility index (Phi) is 8.78. The molecule has 4 rings (SSSR count). The van der Waals surface area contributed by atoms with Crippen LogP contribution in [0.1, 0.15) is 10.4 Å². The number of carbonyl (C=O) groups is 1. The number of anilines is 2. The lowest BCUT2D eigenvalue weighted by molar-refractivity contribution is 0.0730. The molecule has 1 saturated heterocycles. The van der Waals surface area contributed by atoms with Crippen LogP contribution >= 0.6 is 62.1 Å². The Bertz CT molecular complexity index is 1560. The van der Waals surface area contributed by atoms with Crippen LogP contribution in [0.2, 0.25) is 13.7 Å². The minimum absolute atomic E-state index is 0.0568. The Balaban J connectivity index is 1.57. The summed E-state index contributed by atoms with van der Waals surface area (Å²) in [5, 5.41) is 2.81. The summed E-state index contributed by atoms with van der Waals surface area (Å²) < 4.78 is 60.7. The SMILES string of the molecule is O=C(Nc1ccc(S(=O)(=O)N2CCOCC2)cc1)c1cc(Cl)ccc1NS(=O)(=O)c1c(Cl)sc(Cl)c1Br. The predicted octanol–water partition coefficient (Wildman–Crippen LogP) is 5.54. The average molecular weight is 690 g/mol. The Morgan fingerprint density at radius 1 is 0.973 bits per heavy atom. The van der Waals surface area contributed by atoms with Crippen LogP contribution in [0.25, 0.3) is 0 Å². The molecule has 1 aromatic heterocycles. The van der Waals surface area contributed by atoms with Gasteiger partial charge in [-0.3, -0.25) is 9.52 Å². The number of nitrogens with zero attached hydrogens (tertiary/aromatic N) is 1. The lowest BCUT2D eigenvalue weighted by Crippen LogP contribution is -2.40. The molecule has 3 aromatic rings. The maximum atomic E-state index is 13.1. The zero-order chi connectivity index (χ0) is 27.0. The van der Waals surface area contributed by atoms with E-state index in [0.717, 1.165) is 11.3 Å². The van der Waals surface area contributed by atoms with E-state index in [0.29, 0.717) is 13.2 Å². The summed E-state index contributed by atoms with van der Waals surface area (Å²) in [7, 11) is -7.94. The van der Waals surface area contributed by atoms with Crippen molar-refractivity contribution in [3.8, 4) is 0 Å². The van der Waals surface area contributed by atoms with Gasteiger partial charge in [0.15, 0.2) is 0 Å². The van der Waals surface area contributed by atoms with Gasteiger partial charge in [-0.1, -0.05) is 34.8 Å². The molecule has 0 radical (unpaired) electrons. The second kappa shape index (κ2) is 11.4. The van der Waals surface area contributed by atoms with Crippen LogP contribution in [-0.2, 0) is 24.8 Å². The fourth-order valence-electron chi connectivity index (χ4n) is 3.40. The first-order valence-corrected chi connectivity index (χ1v) is 16.0. The number of ether oxygens (including phenoxy) is 1. The van der Waals surface area contributed by atoms with Gasteiger partial charge >= 0.3 is 0 Å². The molecule has 0 unspecified atom stereocenters. The lowest BCUT2D eigenvalue weighted by Gasteiger charge is -2.26. The molecule has 1 aliphatic rings. The van der Waals surface area contributed by atoms with Crippen LogP contribution in [0.3, 0.4) is 0 Å². The second-order valence-electron chi connectivity index (χ2n) is 7.58. The number of hydrogen-bond donors (Lipinski definition) is 2. The van der Waals surface area contributed by atoms with E-state index in [1.807, 2.05) is 0 Å². The second-order valence-corrected chi connectivity index (χ2v) is 14.6. The molecule has 1 aliphatic heterocycles. The molecule has 2 N–H and O–H groups in total. The molecular formula is C21H17BrCl3N3O6S3. The summed E-state index contributed by atoms with van der Waals surface area (Å²) in [5.41, 5.74) is 0.156. The zero-order valence-corrected chi connectivity index (χ0v) is 24.8. The minimum atomic E-state index is -4.23. The predicted molar refractivity (Wildman–Crippen MR) is 148 cm³/mol. The molecule has 9 nitrogen and oxygen atoms in total. The van der Waals surface area contributed by atoms with Crippen molar-refractivity contribution < 1.29 is 26.4 Å². The van der Waals surface area contributed by atoms with Gasteiger partial charge < -0.3 is 10.1 Å². The molecule has 2 aromatic carbocycles. The molecule has 0 spiro atoms. The molecule has 1 amide bonds. The largest absolute Gasteiger partial charge is 0.379 e. The summed E-state index contributed by atoms with van der Waals surface area (Å²) in [6.45, 7) is 1.16. The lowest BCUT2D eigenvalue weighted by atomic mass is 10.1. The van der Waals surface area contributed by atoms with Crippen LogP contribution < -0.4 is 10.0 Å². The third kappa shape index (κ3) is 6.26. The van der Waals surface area contributed by atoms with Gasteiger partial charge in [-0.25, -0.2) is 16.8 Å². The van der Waals surface area contributed by atoms with Crippen LogP contribution in [0, 0.1) is 0 Å². The van der Waals surface area contributed by atoms with Gasteiger partial charge in [-0.05, 0) is 58.4 Å². The van der Waals surface area contributed by atoms with Crippen LogP contribution in [0.4, 0.5) is 11.4 Å². The van der Waals surface area contributed by atoms with Crippen LogP contribution in [0.5, 0.6) is 0 Å². The van der Waals surface area contributed by atoms with Gasteiger partial charge in [-0.2, -0.15) is 4.31 Å². The highest BCUT2D eigenvalue weighted by molar-refractivity contribution is 9.10. The van der Waals surface area contributed by atoms with Crippen molar-refractivity contribution >= 4 is 99.4 Å². The van der Waals surface area contributed by atoms with E-state index >= 15 is 0 Å². The van der Waals surface area contributed by atoms with Gasteiger partial charge in [0.1, 0.15) is 13.6 Å². The van der Waals surface area contributed by atoms with Crippen molar-refractivity contribution in [2.75, 3.05) is 36.3 Å². The van der Waals surface area contributed by atoms with E-state index in [1.165, 1.54) is 46.8 Å². The maximum absolute atomic E-state index is 13.1. The number of nitrogens with one attached hydrogen (secondary N) is 2. The summed E-state index contributed by atoms with van der Waals surface area (Å²) in [5.74, 6) is -0.683. The Hall–Kier alpha value is -1.42. The van der Waals surface area contributed by atoms with E-state index in [2.05, 4.69) is 26.0 Å². The Labute approximate surface area is 240 Å². The summed E-state index contributed by atoms with van der Waals surface area (Å²) >= 11 is 22.1. The third-order valence-electron chi connectivity index (χ3n) is 5.19.